The van der Waals surface area contributed by atoms with Crippen molar-refractivity contribution in [3.05, 3.63) is 11.6 Å². The van der Waals surface area contributed by atoms with Crippen LogP contribution in [0.3, 0.4) is 0 Å². The van der Waals surface area contributed by atoms with Crippen molar-refractivity contribution in [1.29, 1.82) is 0 Å². The van der Waals surface area contributed by atoms with Gasteiger partial charge in [-0.2, -0.15) is 0 Å². The van der Waals surface area contributed by atoms with Gasteiger partial charge < -0.3 is 20.4 Å². The van der Waals surface area contributed by atoms with Crippen LogP contribution in [0, 0.1) is 28.6 Å². The van der Waals surface area contributed by atoms with Crippen molar-refractivity contribution in [2.24, 2.45) is 28.6 Å². The van der Waals surface area contributed by atoms with Crippen molar-refractivity contribution in [2.45, 2.75) is 70.2 Å². The summed E-state index contributed by atoms with van der Waals surface area (Å²) in [5.41, 5.74) is -2.17. The van der Waals surface area contributed by atoms with Gasteiger partial charge in [0.1, 0.15) is 12.2 Å². The summed E-state index contributed by atoms with van der Waals surface area (Å²) in [5, 5.41) is 42.6. The number of ketones is 2. The minimum absolute atomic E-state index is 0.0166. The lowest BCUT2D eigenvalue weighted by Crippen LogP contribution is -2.63. The molecule has 0 aromatic heterocycles. The molecular weight excluding hydrogens is 348 g/mol. The average molecular weight is 378 g/mol. The fourth-order valence-corrected chi connectivity index (χ4v) is 7.33. The highest BCUT2D eigenvalue weighted by molar-refractivity contribution is 5.92. The van der Waals surface area contributed by atoms with Gasteiger partial charge in [-0.3, -0.25) is 9.59 Å². The number of hydrogen-bond donors (Lipinski definition) is 4. The van der Waals surface area contributed by atoms with Crippen molar-refractivity contribution in [3.63, 3.8) is 0 Å². The molecule has 3 fully saturated rings. The van der Waals surface area contributed by atoms with Crippen LogP contribution in [0.5, 0.6) is 0 Å². The molecule has 150 valence electrons. The number of aliphatic hydroxyl groups is 4. The molecule has 0 amide bonds. The van der Waals surface area contributed by atoms with Gasteiger partial charge in [0.15, 0.2) is 11.6 Å². The molecule has 3 saturated carbocycles. The average Bonchev–Trinajstić information content (AvgIpc) is 2.87. The first kappa shape index (κ1) is 19.2. The summed E-state index contributed by atoms with van der Waals surface area (Å²) in [6.07, 6.45) is 2.75. The van der Waals surface area contributed by atoms with Crippen LogP contribution in [0.2, 0.25) is 0 Å². The van der Waals surface area contributed by atoms with E-state index in [1.165, 1.54) is 0 Å². The normalized spacial score (nSPS) is 51.9. The smallest absolute Gasteiger partial charge is 0.190 e. The van der Waals surface area contributed by atoms with Crippen molar-refractivity contribution in [1.82, 2.24) is 0 Å². The molecule has 27 heavy (non-hydrogen) atoms. The topological polar surface area (TPSA) is 115 Å². The molecule has 0 aromatic rings. The summed E-state index contributed by atoms with van der Waals surface area (Å²) in [6, 6.07) is 0. The third-order valence-corrected chi connectivity index (χ3v) is 8.67. The number of carbonyl (C=O) groups excluding carboxylic acids is 2. The van der Waals surface area contributed by atoms with Gasteiger partial charge in [0.05, 0.1) is 12.2 Å². The van der Waals surface area contributed by atoms with Crippen molar-refractivity contribution >= 4 is 11.6 Å². The molecule has 0 radical (unpaired) electrons. The highest BCUT2D eigenvalue weighted by Gasteiger charge is 2.68. The lowest BCUT2D eigenvalue weighted by Gasteiger charge is -2.61. The van der Waals surface area contributed by atoms with E-state index >= 15 is 0 Å². The first-order chi connectivity index (χ1) is 12.6. The first-order valence-corrected chi connectivity index (χ1v) is 10.1. The Hall–Kier alpha value is -1.08. The number of hydrogen-bond acceptors (Lipinski definition) is 6. The van der Waals surface area contributed by atoms with Gasteiger partial charge in [-0.05, 0) is 66.9 Å². The number of carbonyl (C=O) groups is 2. The fraction of sp³-hybridized carbons (Fsp3) is 0.810. The standard InChI is InChI=1S/C21H30O6/c1-19-5-3-11(23)7-14(19)15(24)8-12-13-4-6-21(27,17(26)10-22)20(13,2)9-16(25)18(12)19/h7,12-13,15-16,18,22,24-25,27H,3-6,8-10H2,1-2H3/t12-,13-,15+,16-,18+,19-,20-,21+/m0/s1. The Morgan fingerprint density at radius 2 is 1.96 bits per heavy atom. The van der Waals surface area contributed by atoms with Crippen LogP contribution in [0.25, 0.3) is 0 Å². The minimum Gasteiger partial charge on any atom is -0.393 e. The predicted octanol–water partition coefficient (Wildman–Crippen LogP) is 0.752. The lowest BCUT2D eigenvalue weighted by molar-refractivity contribution is -0.187. The lowest BCUT2D eigenvalue weighted by atomic mass is 9.45. The van der Waals surface area contributed by atoms with E-state index in [0.717, 1.165) is 5.57 Å². The van der Waals surface area contributed by atoms with Gasteiger partial charge >= 0.3 is 0 Å². The van der Waals surface area contributed by atoms with E-state index in [1.807, 2.05) is 13.8 Å². The number of fused-ring (bicyclic) bond motifs is 5. The number of aliphatic hydroxyl groups excluding tert-OH is 3. The Labute approximate surface area is 159 Å². The van der Waals surface area contributed by atoms with Gasteiger partial charge in [0.2, 0.25) is 0 Å². The van der Waals surface area contributed by atoms with Gasteiger partial charge in [-0.25, -0.2) is 0 Å². The van der Waals surface area contributed by atoms with Crippen molar-refractivity contribution in [3.8, 4) is 0 Å². The molecule has 4 aliphatic carbocycles. The van der Waals surface area contributed by atoms with Gasteiger partial charge in [-0.15, -0.1) is 0 Å². The molecule has 4 N–H and O–H groups in total. The molecular formula is C21H30O6. The van der Waals surface area contributed by atoms with Gasteiger partial charge in [0.25, 0.3) is 0 Å². The van der Waals surface area contributed by atoms with Crippen LogP contribution in [0.15, 0.2) is 11.6 Å². The molecule has 6 nitrogen and oxygen atoms in total. The van der Waals surface area contributed by atoms with Crippen LogP contribution in [0.1, 0.15) is 52.4 Å². The largest absolute Gasteiger partial charge is 0.393 e. The Morgan fingerprint density at radius 1 is 1.26 bits per heavy atom. The monoisotopic (exact) mass is 378 g/mol. The second-order valence-electron chi connectivity index (χ2n) is 9.70. The highest BCUT2D eigenvalue weighted by atomic mass is 16.3. The van der Waals surface area contributed by atoms with Crippen LogP contribution >= 0.6 is 0 Å². The third kappa shape index (κ3) is 2.33. The molecule has 0 spiro atoms. The second-order valence-corrected chi connectivity index (χ2v) is 9.70. The maximum atomic E-state index is 12.4. The Bertz CT molecular complexity index is 715. The molecule has 0 aromatic carbocycles. The molecule has 4 rings (SSSR count). The number of rotatable bonds is 2. The predicted molar refractivity (Wildman–Crippen MR) is 96.5 cm³/mol. The fourth-order valence-electron chi connectivity index (χ4n) is 7.33. The van der Waals surface area contributed by atoms with E-state index in [4.69, 9.17) is 0 Å². The van der Waals surface area contributed by atoms with E-state index in [2.05, 4.69) is 0 Å². The molecule has 4 aliphatic rings. The molecule has 0 bridgehead atoms. The van der Waals surface area contributed by atoms with Gasteiger partial charge in [0, 0.05) is 11.8 Å². The zero-order valence-electron chi connectivity index (χ0n) is 16.0. The highest BCUT2D eigenvalue weighted by Crippen LogP contribution is 2.67. The van der Waals surface area contributed by atoms with Crippen LogP contribution < -0.4 is 0 Å². The molecule has 0 saturated heterocycles. The second kappa shape index (κ2) is 5.96. The molecule has 0 aliphatic heterocycles. The summed E-state index contributed by atoms with van der Waals surface area (Å²) in [6.45, 7) is 3.18. The van der Waals surface area contributed by atoms with E-state index in [9.17, 15) is 30.0 Å². The van der Waals surface area contributed by atoms with E-state index in [0.29, 0.717) is 25.7 Å². The van der Waals surface area contributed by atoms with Crippen LogP contribution in [-0.4, -0.2) is 56.4 Å². The van der Waals surface area contributed by atoms with E-state index < -0.39 is 41.0 Å². The Balaban J connectivity index is 1.77. The van der Waals surface area contributed by atoms with Crippen LogP contribution in [-0.2, 0) is 9.59 Å². The molecule has 0 heterocycles. The summed E-state index contributed by atoms with van der Waals surface area (Å²) < 4.78 is 0. The van der Waals surface area contributed by atoms with E-state index in [1.54, 1.807) is 6.08 Å². The van der Waals surface area contributed by atoms with Crippen molar-refractivity contribution in [2.75, 3.05) is 6.61 Å². The van der Waals surface area contributed by atoms with E-state index in [-0.39, 0.29) is 36.4 Å². The minimum atomic E-state index is -1.64. The molecule has 0 unspecified atom stereocenters. The maximum absolute atomic E-state index is 12.4. The summed E-state index contributed by atoms with van der Waals surface area (Å²) in [7, 11) is 0. The zero-order valence-corrected chi connectivity index (χ0v) is 16.0. The van der Waals surface area contributed by atoms with Crippen molar-refractivity contribution < 1.29 is 30.0 Å². The zero-order chi connectivity index (χ0) is 19.8. The van der Waals surface area contributed by atoms with Gasteiger partial charge in [-0.1, -0.05) is 13.8 Å². The first-order valence-electron chi connectivity index (χ1n) is 10.1. The molecule has 8 atom stereocenters. The summed E-state index contributed by atoms with van der Waals surface area (Å²) in [4.78, 5) is 24.3. The molecule has 6 heteroatoms. The third-order valence-electron chi connectivity index (χ3n) is 8.67. The number of Topliss-reactive ketones (excluding diaryl/α,β-unsaturated/α-hetero) is 1. The summed E-state index contributed by atoms with van der Waals surface area (Å²) in [5.74, 6) is -0.713. The maximum Gasteiger partial charge on any atom is 0.190 e. The SMILES string of the molecule is C[C@]12CCC(=O)C=C1[C@H](O)C[C@@H]1[C@@H]2[C@@H](O)C[C@@]2(C)[C@H]1CC[C@@]2(O)C(=O)CO. The Morgan fingerprint density at radius 3 is 2.63 bits per heavy atom. The Kier molecular flexibility index (Phi) is 4.25. The summed E-state index contributed by atoms with van der Waals surface area (Å²) >= 11 is 0. The van der Waals surface area contributed by atoms with Crippen LogP contribution in [0.4, 0.5) is 0 Å². The quantitative estimate of drug-likeness (QED) is 0.564.